The van der Waals surface area contributed by atoms with Crippen molar-refractivity contribution in [2.45, 2.75) is 4.90 Å². The molecule has 82 valence electrons. The second-order valence-corrected chi connectivity index (χ2v) is 5.16. The first-order chi connectivity index (χ1) is 7.57. The van der Waals surface area contributed by atoms with Gasteiger partial charge in [-0.05, 0) is 6.07 Å². The van der Waals surface area contributed by atoms with Gasteiger partial charge >= 0.3 is 0 Å². The van der Waals surface area contributed by atoms with Crippen LogP contribution in [0.25, 0.3) is 11.4 Å². The molecule has 6 nitrogen and oxygen atoms in total. The van der Waals surface area contributed by atoms with Crippen LogP contribution in [0.1, 0.15) is 0 Å². The molecule has 0 N–H and O–H groups in total. The molecule has 0 aromatic carbocycles. The molecule has 0 unspecified atom stereocenters. The molecule has 16 heavy (non-hydrogen) atoms. The molecular weight excluding hydrogens is 228 g/mol. The average molecular weight is 236 g/mol. The van der Waals surface area contributed by atoms with E-state index in [1.807, 2.05) is 0 Å². The van der Waals surface area contributed by atoms with Crippen molar-refractivity contribution in [3.05, 3.63) is 30.9 Å². The molecule has 0 fully saturated rings. The smallest absolute Gasteiger partial charge is 0.178 e. The first kappa shape index (κ1) is 10.6. The lowest BCUT2D eigenvalue weighted by Crippen LogP contribution is -2.00. The SMILES string of the molecule is CS(=O)(=O)c1cnc(-c2ccnnc2)nc1. The minimum Gasteiger partial charge on any atom is -0.235 e. The van der Waals surface area contributed by atoms with E-state index in [9.17, 15) is 8.42 Å². The summed E-state index contributed by atoms with van der Waals surface area (Å²) in [6.07, 6.45) is 6.69. The van der Waals surface area contributed by atoms with Gasteiger partial charge in [-0.1, -0.05) is 0 Å². The molecule has 0 bridgehead atoms. The molecule has 0 aliphatic heterocycles. The van der Waals surface area contributed by atoms with E-state index in [1.165, 1.54) is 24.8 Å². The Kier molecular flexibility index (Phi) is 2.61. The van der Waals surface area contributed by atoms with Crippen LogP contribution in [0.3, 0.4) is 0 Å². The molecule has 0 saturated carbocycles. The molecule has 2 aromatic heterocycles. The third-order valence-electron chi connectivity index (χ3n) is 1.90. The maximum Gasteiger partial charge on any atom is 0.178 e. The number of nitrogens with zero attached hydrogens (tertiary/aromatic N) is 4. The van der Waals surface area contributed by atoms with Gasteiger partial charge in [-0.15, -0.1) is 0 Å². The Balaban J connectivity index is 2.41. The highest BCUT2D eigenvalue weighted by molar-refractivity contribution is 7.90. The monoisotopic (exact) mass is 236 g/mol. The van der Waals surface area contributed by atoms with Crippen LogP contribution >= 0.6 is 0 Å². The fraction of sp³-hybridized carbons (Fsp3) is 0.111. The van der Waals surface area contributed by atoms with Gasteiger partial charge in [0, 0.05) is 24.2 Å². The van der Waals surface area contributed by atoms with E-state index in [1.54, 1.807) is 6.07 Å². The fourth-order valence-corrected chi connectivity index (χ4v) is 1.57. The molecule has 0 saturated heterocycles. The van der Waals surface area contributed by atoms with Crippen molar-refractivity contribution in [2.75, 3.05) is 6.26 Å². The summed E-state index contributed by atoms with van der Waals surface area (Å²) < 4.78 is 22.4. The molecular formula is C9H8N4O2S. The summed E-state index contributed by atoms with van der Waals surface area (Å²) in [6, 6.07) is 1.70. The van der Waals surface area contributed by atoms with E-state index in [4.69, 9.17) is 0 Å². The number of hydrogen-bond acceptors (Lipinski definition) is 6. The third kappa shape index (κ3) is 2.19. The molecule has 2 aromatic rings. The molecule has 0 aliphatic rings. The lowest BCUT2D eigenvalue weighted by molar-refractivity contribution is 0.601. The normalized spacial score (nSPS) is 11.3. The van der Waals surface area contributed by atoms with E-state index in [-0.39, 0.29) is 4.90 Å². The molecule has 2 heterocycles. The van der Waals surface area contributed by atoms with Gasteiger partial charge < -0.3 is 0 Å². The lowest BCUT2D eigenvalue weighted by Gasteiger charge is -1.99. The van der Waals surface area contributed by atoms with Crippen LogP contribution in [0, 0.1) is 0 Å². The van der Waals surface area contributed by atoms with Crippen LogP contribution in [0.15, 0.2) is 35.7 Å². The van der Waals surface area contributed by atoms with Gasteiger partial charge in [0.05, 0.1) is 12.4 Å². The Bertz CT molecular complexity index is 581. The fourth-order valence-electron chi connectivity index (χ4n) is 1.08. The summed E-state index contributed by atoms with van der Waals surface area (Å²) in [7, 11) is -3.25. The summed E-state index contributed by atoms with van der Waals surface area (Å²) in [4.78, 5) is 8.01. The third-order valence-corrected chi connectivity index (χ3v) is 2.97. The van der Waals surface area contributed by atoms with E-state index < -0.39 is 9.84 Å². The standard InChI is InChI=1S/C9H8N4O2S/c1-16(14,15)8-5-10-9(11-6-8)7-2-3-12-13-4-7/h2-6H,1H3. The molecule has 7 heteroatoms. The minimum absolute atomic E-state index is 0.0956. The average Bonchev–Trinajstić information content (AvgIpc) is 2.29. The maximum absolute atomic E-state index is 11.2. The van der Waals surface area contributed by atoms with Gasteiger partial charge in [0.1, 0.15) is 4.90 Å². The second kappa shape index (κ2) is 3.93. The quantitative estimate of drug-likeness (QED) is 0.747. The predicted molar refractivity (Wildman–Crippen MR) is 56.2 cm³/mol. The van der Waals surface area contributed by atoms with Crippen LogP contribution in [0.4, 0.5) is 0 Å². The Morgan fingerprint density at radius 1 is 1.06 bits per heavy atom. The van der Waals surface area contributed by atoms with E-state index >= 15 is 0 Å². The zero-order valence-corrected chi connectivity index (χ0v) is 9.22. The number of rotatable bonds is 2. The highest BCUT2D eigenvalue weighted by Crippen LogP contribution is 2.13. The van der Waals surface area contributed by atoms with Crippen LogP contribution in [0.5, 0.6) is 0 Å². The van der Waals surface area contributed by atoms with Gasteiger partial charge in [0.25, 0.3) is 0 Å². The maximum atomic E-state index is 11.2. The Hall–Kier alpha value is -1.89. The second-order valence-electron chi connectivity index (χ2n) is 3.15. The minimum atomic E-state index is -3.25. The molecule has 0 spiro atoms. The van der Waals surface area contributed by atoms with Crippen molar-refractivity contribution in [3.8, 4) is 11.4 Å². The van der Waals surface area contributed by atoms with Crippen LogP contribution in [0.2, 0.25) is 0 Å². The Morgan fingerprint density at radius 3 is 2.25 bits per heavy atom. The van der Waals surface area contributed by atoms with Crippen molar-refractivity contribution < 1.29 is 8.42 Å². The summed E-state index contributed by atoms with van der Waals surface area (Å²) in [6.45, 7) is 0. The Labute approximate surface area is 92.3 Å². The van der Waals surface area contributed by atoms with Gasteiger partial charge in [-0.25, -0.2) is 18.4 Å². The van der Waals surface area contributed by atoms with Crippen LogP contribution < -0.4 is 0 Å². The van der Waals surface area contributed by atoms with Crippen LogP contribution in [-0.4, -0.2) is 34.8 Å². The lowest BCUT2D eigenvalue weighted by atomic mass is 10.3. The highest BCUT2D eigenvalue weighted by atomic mass is 32.2. The Morgan fingerprint density at radius 2 is 1.75 bits per heavy atom. The highest BCUT2D eigenvalue weighted by Gasteiger charge is 2.08. The molecule has 0 amide bonds. The number of aromatic nitrogens is 4. The van der Waals surface area contributed by atoms with Gasteiger partial charge in [0.15, 0.2) is 15.7 Å². The first-order valence-electron chi connectivity index (χ1n) is 4.36. The van der Waals surface area contributed by atoms with Crippen LogP contribution in [-0.2, 0) is 9.84 Å². The van der Waals surface area contributed by atoms with E-state index in [0.29, 0.717) is 11.4 Å². The largest absolute Gasteiger partial charge is 0.235 e. The van der Waals surface area contributed by atoms with Crippen molar-refractivity contribution >= 4 is 9.84 Å². The molecule has 2 rings (SSSR count). The summed E-state index contributed by atoms with van der Waals surface area (Å²) in [5.41, 5.74) is 0.690. The summed E-state index contributed by atoms with van der Waals surface area (Å²) in [5, 5.41) is 7.31. The van der Waals surface area contributed by atoms with Crippen molar-refractivity contribution in [1.82, 2.24) is 20.2 Å². The number of sulfone groups is 1. The zero-order valence-electron chi connectivity index (χ0n) is 8.40. The molecule has 0 atom stereocenters. The van der Waals surface area contributed by atoms with Gasteiger partial charge in [-0.2, -0.15) is 10.2 Å². The van der Waals surface area contributed by atoms with Crippen molar-refractivity contribution in [2.24, 2.45) is 0 Å². The van der Waals surface area contributed by atoms with Gasteiger partial charge in [-0.3, -0.25) is 0 Å². The van der Waals surface area contributed by atoms with Gasteiger partial charge in [0.2, 0.25) is 0 Å². The topological polar surface area (TPSA) is 85.7 Å². The van der Waals surface area contributed by atoms with Crippen molar-refractivity contribution in [3.63, 3.8) is 0 Å². The summed E-state index contributed by atoms with van der Waals surface area (Å²) in [5.74, 6) is 0.419. The predicted octanol–water partition coefficient (Wildman–Crippen LogP) is 0.337. The first-order valence-corrected chi connectivity index (χ1v) is 6.26. The van der Waals surface area contributed by atoms with E-state index in [2.05, 4.69) is 20.2 Å². The van der Waals surface area contributed by atoms with Crippen molar-refractivity contribution in [1.29, 1.82) is 0 Å². The molecule has 0 radical (unpaired) electrons. The zero-order chi connectivity index (χ0) is 11.6. The summed E-state index contributed by atoms with van der Waals surface area (Å²) >= 11 is 0. The molecule has 0 aliphatic carbocycles. The number of hydrogen-bond donors (Lipinski definition) is 0. The van der Waals surface area contributed by atoms with E-state index in [0.717, 1.165) is 6.26 Å².